The van der Waals surface area contributed by atoms with Crippen molar-refractivity contribution in [1.29, 1.82) is 0 Å². The number of para-hydroxylation sites is 1. The first-order chi connectivity index (χ1) is 10.6. The Labute approximate surface area is 134 Å². The molecule has 3 rings (SSSR count). The van der Waals surface area contributed by atoms with Gasteiger partial charge < -0.3 is 9.88 Å². The van der Waals surface area contributed by atoms with Gasteiger partial charge in [-0.05, 0) is 30.2 Å². The molecule has 0 aliphatic carbocycles. The standard InChI is InChI=1S/C18H17ClN2O/c1-3-12-8-9-13(10-16(12)19)20-18(22)15-11-21(2)17-7-5-4-6-14(15)17/h4-11H,3H2,1-2H3,(H,20,22). The van der Waals surface area contributed by atoms with E-state index in [9.17, 15) is 4.79 Å². The first-order valence-electron chi connectivity index (χ1n) is 7.24. The number of rotatable bonds is 3. The molecule has 0 fully saturated rings. The fraction of sp³-hybridized carbons (Fsp3) is 0.167. The average molecular weight is 313 g/mol. The molecule has 0 aliphatic heterocycles. The van der Waals surface area contributed by atoms with E-state index in [1.165, 1.54) is 0 Å². The fourth-order valence-corrected chi connectivity index (χ4v) is 2.95. The summed E-state index contributed by atoms with van der Waals surface area (Å²) in [7, 11) is 1.94. The van der Waals surface area contributed by atoms with E-state index in [2.05, 4.69) is 12.2 Å². The van der Waals surface area contributed by atoms with Crippen molar-refractivity contribution in [3.8, 4) is 0 Å². The van der Waals surface area contributed by atoms with Crippen molar-refractivity contribution in [2.45, 2.75) is 13.3 Å². The molecular formula is C18H17ClN2O. The first kappa shape index (κ1) is 14.7. The Morgan fingerprint density at radius 3 is 2.73 bits per heavy atom. The summed E-state index contributed by atoms with van der Waals surface area (Å²) < 4.78 is 1.96. The minimum absolute atomic E-state index is 0.128. The number of carbonyl (C=O) groups is 1. The van der Waals surface area contributed by atoms with Crippen LogP contribution in [0, 0.1) is 0 Å². The maximum atomic E-state index is 12.5. The van der Waals surface area contributed by atoms with Crippen molar-refractivity contribution in [3.05, 3.63) is 64.8 Å². The summed E-state index contributed by atoms with van der Waals surface area (Å²) in [4.78, 5) is 12.5. The summed E-state index contributed by atoms with van der Waals surface area (Å²) in [5.41, 5.74) is 3.48. The molecule has 0 aliphatic rings. The van der Waals surface area contributed by atoms with E-state index in [1.54, 1.807) is 6.07 Å². The van der Waals surface area contributed by atoms with E-state index in [0.717, 1.165) is 22.9 Å². The number of halogens is 1. The largest absolute Gasteiger partial charge is 0.350 e. The molecule has 0 unspecified atom stereocenters. The Kier molecular flexibility index (Phi) is 3.90. The molecule has 4 heteroatoms. The fourth-order valence-electron chi connectivity index (χ4n) is 2.63. The number of fused-ring (bicyclic) bond motifs is 1. The minimum Gasteiger partial charge on any atom is -0.350 e. The van der Waals surface area contributed by atoms with Gasteiger partial charge in [-0.15, -0.1) is 0 Å². The van der Waals surface area contributed by atoms with Gasteiger partial charge in [0.2, 0.25) is 0 Å². The van der Waals surface area contributed by atoms with E-state index in [1.807, 2.05) is 54.2 Å². The number of nitrogens with zero attached hydrogens (tertiary/aromatic N) is 1. The first-order valence-corrected chi connectivity index (χ1v) is 7.61. The van der Waals surface area contributed by atoms with Crippen LogP contribution in [0.4, 0.5) is 5.69 Å². The third-order valence-electron chi connectivity index (χ3n) is 3.83. The van der Waals surface area contributed by atoms with Gasteiger partial charge in [0.1, 0.15) is 0 Å². The average Bonchev–Trinajstić information content (AvgIpc) is 2.85. The molecule has 0 radical (unpaired) electrons. The van der Waals surface area contributed by atoms with E-state index in [-0.39, 0.29) is 5.91 Å². The summed E-state index contributed by atoms with van der Waals surface area (Å²) in [6.07, 6.45) is 2.72. The maximum Gasteiger partial charge on any atom is 0.257 e. The molecule has 112 valence electrons. The second kappa shape index (κ2) is 5.85. The molecule has 1 amide bonds. The van der Waals surface area contributed by atoms with E-state index in [0.29, 0.717) is 16.3 Å². The third-order valence-corrected chi connectivity index (χ3v) is 4.19. The molecule has 0 bridgehead atoms. The van der Waals surface area contributed by atoms with Crippen LogP contribution in [0.2, 0.25) is 5.02 Å². The van der Waals surface area contributed by atoms with Crippen LogP contribution in [0.25, 0.3) is 10.9 Å². The second-order valence-electron chi connectivity index (χ2n) is 5.28. The zero-order valence-electron chi connectivity index (χ0n) is 12.6. The maximum absolute atomic E-state index is 12.5. The molecule has 22 heavy (non-hydrogen) atoms. The number of aryl methyl sites for hydroxylation is 2. The van der Waals surface area contributed by atoms with Gasteiger partial charge in [0.25, 0.3) is 5.91 Å². The zero-order valence-corrected chi connectivity index (χ0v) is 13.3. The van der Waals surface area contributed by atoms with E-state index >= 15 is 0 Å². The number of amides is 1. The molecule has 0 atom stereocenters. The van der Waals surface area contributed by atoms with Crippen molar-refractivity contribution in [1.82, 2.24) is 4.57 Å². The number of hydrogen-bond donors (Lipinski definition) is 1. The highest BCUT2D eigenvalue weighted by atomic mass is 35.5. The summed E-state index contributed by atoms with van der Waals surface area (Å²) in [5, 5.41) is 4.54. The lowest BCUT2D eigenvalue weighted by atomic mass is 10.1. The number of carbonyl (C=O) groups excluding carboxylic acids is 1. The third kappa shape index (κ3) is 2.60. The summed E-state index contributed by atoms with van der Waals surface area (Å²) in [5.74, 6) is -0.128. The van der Waals surface area contributed by atoms with Crippen LogP contribution in [0.3, 0.4) is 0 Å². The van der Waals surface area contributed by atoms with Gasteiger partial charge in [0.15, 0.2) is 0 Å². The van der Waals surface area contributed by atoms with Gasteiger partial charge in [-0.25, -0.2) is 0 Å². The minimum atomic E-state index is -0.128. The predicted molar refractivity (Wildman–Crippen MR) is 91.7 cm³/mol. The molecule has 0 saturated carbocycles. The lowest BCUT2D eigenvalue weighted by molar-refractivity contribution is 0.102. The van der Waals surface area contributed by atoms with Gasteiger partial charge in [-0.3, -0.25) is 4.79 Å². The van der Waals surface area contributed by atoms with Crippen LogP contribution in [-0.4, -0.2) is 10.5 Å². The van der Waals surface area contributed by atoms with Gasteiger partial charge in [-0.2, -0.15) is 0 Å². The number of nitrogens with one attached hydrogen (secondary N) is 1. The Balaban J connectivity index is 1.92. The van der Waals surface area contributed by atoms with Crippen LogP contribution >= 0.6 is 11.6 Å². The monoisotopic (exact) mass is 312 g/mol. The Morgan fingerprint density at radius 2 is 2.00 bits per heavy atom. The van der Waals surface area contributed by atoms with Crippen LogP contribution < -0.4 is 5.32 Å². The van der Waals surface area contributed by atoms with Crippen molar-refractivity contribution >= 4 is 34.1 Å². The highest BCUT2D eigenvalue weighted by Gasteiger charge is 2.14. The smallest absolute Gasteiger partial charge is 0.257 e. The van der Waals surface area contributed by atoms with Crippen LogP contribution in [0.15, 0.2) is 48.7 Å². The van der Waals surface area contributed by atoms with Gasteiger partial charge in [0.05, 0.1) is 5.56 Å². The van der Waals surface area contributed by atoms with Crippen LogP contribution in [0.1, 0.15) is 22.8 Å². The topological polar surface area (TPSA) is 34.0 Å². The van der Waals surface area contributed by atoms with Crippen molar-refractivity contribution in [3.63, 3.8) is 0 Å². The van der Waals surface area contributed by atoms with Crippen LogP contribution in [0.5, 0.6) is 0 Å². The number of benzene rings is 2. The van der Waals surface area contributed by atoms with E-state index in [4.69, 9.17) is 11.6 Å². The normalized spacial score (nSPS) is 10.9. The Morgan fingerprint density at radius 1 is 1.23 bits per heavy atom. The van der Waals surface area contributed by atoms with E-state index < -0.39 is 0 Å². The molecule has 1 N–H and O–H groups in total. The zero-order chi connectivity index (χ0) is 15.7. The number of anilines is 1. The molecule has 0 saturated heterocycles. The number of aromatic nitrogens is 1. The molecule has 2 aromatic carbocycles. The highest BCUT2D eigenvalue weighted by Crippen LogP contribution is 2.24. The summed E-state index contributed by atoms with van der Waals surface area (Å²) >= 11 is 6.20. The quantitative estimate of drug-likeness (QED) is 0.750. The van der Waals surface area contributed by atoms with Gasteiger partial charge >= 0.3 is 0 Å². The summed E-state index contributed by atoms with van der Waals surface area (Å²) in [6.45, 7) is 2.05. The molecule has 0 spiro atoms. The van der Waals surface area contributed by atoms with Crippen molar-refractivity contribution < 1.29 is 4.79 Å². The van der Waals surface area contributed by atoms with Crippen LogP contribution in [-0.2, 0) is 13.5 Å². The van der Waals surface area contributed by atoms with Crippen molar-refractivity contribution in [2.24, 2.45) is 7.05 Å². The van der Waals surface area contributed by atoms with Crippen molar-refractivity contribution in [2.75, 3.05) is 5.32 Å². The molecular weight excluding hydrogens is 296 g/mol. The SMILES string of the molecule is CCc1ccc(NC(=O)c2cn(C)c3ccccc23)cc1Cl. The second-order valence-corrected chi connectivity index (χ2v) is 5.69. The lowest BCUT2D eigenvalue weighted by Crippen LogP contribution is -2.11. The predicted octanol–water partition coefficient (Wildman–Crippen LogP) is 4.65. The molecule has 1 aromatic heterocycles. The van der Waals surface area contributed by atoms with Gasteiger partial charge in [-0.1, -0.05) is 42.8 Å². The molecule has 3 nitrogen and oxygen atoms in total. The number of hydrogen-bond acceptors (Lipinski definition) is 1. The molecule has 1 heterocycles. The van der Waals surface area contributed by atoms with Gasteiger partial charge in [0, 0.05) is 34.9 Å². The molecule has 3 aromatic rings. The Hall–Kier alpha value is -2.26. The Bertz CT molecular complexity index is 851. The summed E-state index contributed by atoms with van der Waals surface area (Å²) in [6, 6.07) is 13.5. The highest BCUT2D eigenvalue weighted by molar-refractivity contribution is 6.31. The lowest BCUT2D eigenvalue weighted by Gasteiger charge is -2.07.